The first-order valence-electron chi connectivity index (χ1n) is 6.53. The number of hydrogen-bond acceptors (Lipinski definition) is 2. The van der Waals surface area contributed by atoms with Gasteiger partial charge in [-0.1, -0.05) is 19.1 Å². The highest BCUT2D eigenvalue weighted by molar-refractivity contribution is 5.39. The van der Waals surface area contributed by atoms with Crippen molar-refractivity contribution in [2.24, 2.45) is 0 Å². The lowest BCUT2D eigenvalue weighted by Crippen LogP contribution is -2.11. The Hall–Kier alpha value is -1.94. The van der Waals surface area contributed by atoms with Crippen molar-refractivity contribution in [3.05, 3.63) is 59.2 Å². The summed E-state index contributed by atoms with van der Waals surface area (Å²) in [5.74, 6) is -0.443. The summed E-state index contributed by atoms with van der Waals surface area (Å²) in [4.78, 5) is 0. The molecule has 0 saturated carbocycles. The van der Waals surface area contributed by atoms with Gasteiger partial charge in [0.15, 0.2) is 11.6 Å². The van der Waals surface area contributed by atoms with Crippen LogP contribution in [0, 0.1) is 18.6 Å². The molecule has 0 radical (unpaired) electrons. The second kappa shape index (κ2) is 6.48. The monoisotopic (exact) mass is 277 g/mol. The Morgan fingerprint density at radius 3 is 2.55 bits per heavy atom. The fourth-order valence-electron chi connectivity index (χ4n) is 1.81. The van der Waals surface area contributed by atoms with Crippen LogP contribution in [0.5, 0.6) is 11.5 Å². The molecule has 20 heavy (non-hydrogen) atoms. The van der Waals surface area contributed by atoms with E-state index in [1.807, 2.05) is 6.92 Å². The molecule has 2 aromatic carbocycles. The molecule has 0 spiro atoms. The summed E-state index contributed by atoms with van der Waals surface area (Å²) < 4.78 is 32.6. The average molecular weight is 277 g/mol. The van der Waals surface area contributed by atoms with E-state index < -0.39 is 11.6 Å². The molecule has 0 atom stereocenters. The van der Waals surface area contributed by atoms with Gasteiger partial charge in [0, 0.05) is 12.6 Å². The Bertz CT molecular complexity index is 599. The topological polar surface area (TPSA) is 21.3 Å². The first-order chi connectivity index (χ1) is 9.60. The number of rotatable bonds is 5. The number of nitrogens with one attached hydrogen (secondary N) is 1. The number of ether oxygens (including phenoxy) is 1. The van der Waals surface area contributed by atoms with Crippen LogP contribution in [0.15, 0.2) is 36.4 Å². The number of aryl methyl sites for hydroxylation is 1. The Labute approximate surface area is 117 Å². The van der Waals surface area contributed by atoms with Gasteiger partial charge in [0.1, 0.15) is 11.6 Å². The van der Waals surface area contributed by atoms with Crippen molar-refractivity contribution in [2.45, 2.75) is 20.4 Å². The van der Waals surface area contributed by atoms with Crippen molar-refractivity contribution < 1.29 is 13.5 Å². The Balaban J connectivity index is 2.19. The van der Waals surface area contributed by atoms with Gasteiger partial charge in [0.25, 0.3) is 0 Å². The highest BCUT2D eigenvalue weighted by atomic mass is 19.1. The Kier molecular flexibility index (Phi) is 4.69. The molecular weight excluding hydrogens is 260 g/mol. The minimum Gasteiger partial charge on any atom is -0.454 e. The Morgan fingerprint density at radius 2 is 1.85 bits per heavy atom. The molecular formula is C16H17F2NO. The van der Waals surface area contributed by atoms with E-state index in [0.717, 1.165) is 17.7 Å². The minimum absolute atomic E-state index is 0.0962. The highest BCUT2D eigenvalue weighted by Crippen LogP contribution is 2.28. The molecule has 0 aromatic heterocycles. The molecule has 4 heteroatoms. The quantitative estimate of drug-likeness (QED) is 0.885. The Morgan fingerprint density at radius 1 is 1.05 bits per heavy atom. The van der Waals surface area contributed by atoms with Gasteiger partial charge in [-0.2, -0.15) is 0 Å². The largest absolute Gasteiger partial charge is 0.454 e. The molecule has 1 N–H and O–H groups in total. The molecule has 2 aromatic rings. The van der Waals surface area contributed by atoms with Crippen molar-refractivity contribution in [1.29, 1.82) is 0 Å². The van der Waals surface area contributed by atoms with E-state index in [0.29, 0.717) is 12.3 Å². The van der Waals surface area contributed by atoms with E-state index in [2.05, 4.69) is 5.32 Å². The third-order valence-electron chi connectivity index (χ3n) is 2.95. The van der Waals surface area contributed by atoms with Crippen LogP contribution in [0.25, 0.3) is 0 Å². The van der Waals surface area contributed by atoms with Gasteiger partial charge < -0.3 is 10.1 Å². The molecule has 0 fully saturated rings. The lowest BCUT2D eigenvalue weighted by atomic mass is 10.2. The molecule has 0 aliphatic rings. The van der Waals surface area contributed by atoms with Crippen molar-refractivity contribution in [1.82, 2.24) is 5.32 Å². The van der Waals surface area contributed by atoms with E-state index in [-0.39, 0.29) is 5.75 Å². The standard InChI is InChI=1S/C16H17F2NO/c1-3-19-10-12-5-7-15(14(18)8-12)20-16-9-13(17)6-4-11(16)2/h4-9,19H,3,10H2,1-2H3. The van der Waals surface area contributed by atoms with Crippen LogP contribution >= 0.6 is 0 Å². The van der Waals surface area contributed by atoms with Crippen LogP contribution in [0.2, 0.25) is 0 Å². The summed E-state index contributed by atoms with van der Waals surface area (Å²) in [5, 5.41) is 3.12. The predicted molar refractivity (Wildman–Crippen MR) is 75.0 cm³/mol. The van der Waals surface area contributed by atoms with Crippen LogP contribution in [0.3, 0.4) is 0 Å². The third-order valence-corrected chi connectivity index (χ3v) is 2.95. The van der Waals surface area contributed by atoms with E-state index >= 15 is 0 Å². The van der Waals surface area contributed by atoms with Gasteiger partial charge in [-0.3, -0.25) is 0 Å². The number of benzene rings is 2. The van der Waals surface area contributed by atoms with Gasteiger partial charge in [0.2, 0.25) is 0 Å². The van der Waals surface area contributed by atoms with Crippen LogP contribution in [-0.2, 0) is 6.54 Å². The second-order valence-electron chi connectivity index (χ2n) is 4.56. The van der Waals surface area contributed by atoms with E-state index in [4.69, 9.17) is 4.74 Å². The van der Waals surface area contributed by atoms with Crippen molar-refractivity contribution in [3.63, 3.8) is 0 Å². The molecule has 0 heterocycles. The molecule has 0 aliphatic heterocycles. The van der Waals surface area contributed by atoms with Crippen LogP contribution < -0.4 is 10.1 Å². The summed E-state index contributed by atoms with van der Waals surface area (Å²) in [6.45, 7) is 5.20. The summed E-state index contributed by atoms with van der Waals surface area (Å²) in [7, 11) is 0. The molecule has 0 saturated heterocycles. The van der Waals surface area contributed by atoms with Gasteiger partial charge >= 0.3 is 0 Å². The molecule has 106 valence electrons. The van der Waals surface area contributed by atoms with Crippen LogP contribution in [0.4, 0.5) is 8.78 Å². The maximum Gasteiger partial charge on any atom is 0.166 e. The fourth-order valence-corrected chi connectivity index (χ4v) is 1.81. The van der Waals surface area contributed by atoms with Gasteiger partial charge in [-0.15, -0.1) is 0 Å². The summed E-state index contributed by atoms with van der Waals surface area (Å²) in [6, 6.07) is 8.97. The molecule has 2 nitrogen and oxygen atoms in total. The molecule has 2 rings (SSSR count). The van der Waals surface area contributed by atoms with Crippen molar-refractivity contribution >= 4 is 0 Å². The average Bonchev–Trinajstić information content (AvgIpc) is 2.43. The predicted octanol–water partition coefficient (Wildman–Crippen LogP) is 4.18. The maximum atomic E-state index is 13.9. The summed E-state index contributed by atoms with van der Waals surface area (Å²) >= 11 is 0. The van der Waals surface area contributed by atoms with Gasteiger partial charge in [-0.25, -0.2) is 8.78 Å². The molecule has 0 aliphatic carbocycles. The van der Waals surface area contributed by atoms with Crippen molar-refractivity contribution in [2.75, 3.05) is 6.54 Å². The maximum absolute atomic E-state index is 13.9. The molecule has 0 amide bonds. The first-order valence-corrected chi connectivity index (χ1v) is 6.53. The number of hydrogen-bond donors (Lipinski definition) is 1. The zero-order valence-corrected chi connectivity index (χ0v) is 11.5. The third kappa shape index (κ3) is 3.54. The SMILES string of the molecule is CCNCc1ccc(Oc2cc(F)ccc2C)c(F)c1. The highest BCUT2D eigenvalue weighted by Gasteiger charge is 2.08. The van der Waals surface area contributed by atoms with Gasteiger partial charge in [0.05, 0.1) is 0 Å². The number of halogens is 2. The zero-order valence-electron chi connectivity index (χ0n) is 11.5. The lowest BCUT2D eigenvalue weighted by Gasteiger charge is -2.11. The van der Waals surface area contributed by atoms with E-state index in [1.54, 1.807) is 25.1 Å². The lowest BCUT2D eigenvalue weighted by molar-refractivity contribution is 0.435. The molecule has 0 unspecified atom stereocenters. The first kappa shape index (κ1) is 14.5. The summed E-state index contributed by atoms with van der Waals surface area (Å²) in [6.07, 6.45) is 0. The zero-order chi connectivity index (χ0) is 14.5. The smallest absolute Gasteiger partial charge is 0.166 e. The van der Waals surface area contributed by atoms with Crippen LogP contribution in [0.1, 0.15) is 18.1 Å². The van der Waals surface area contributed by atoms with E-state index in [1.165, 1.54) is 18.2 Å². The minimum atomic E-state index is -0.455. The summed E-state index contributed by atoms with van der Waals surface area (Å²) in [5.41, 5.74) is 1.59. The normalized spacial score (nSPS) is 10.6. The van der Waals surface area contributed by atoms with E-state index in [9.17, 15) is 8.78 Å². The molecule has 0 bridgehead atoms. The van der Waals surface area contributed by atoms with Crippen molar-refractivity contribution in [3.8, 4) is 11.5 Å². The van der Waals surface area contributed by atoms with Gasteiger partial charge in [-0.05, 0) is 42.8 Å². The second-order valence-corrected chi connectivity index (χ2v) is 4.56. The van der Waals surface area contributed by atoms with Crippen LogP contribution in [-0.4, -0.2) is 6.54 Å². The fraction of sp³-hybridized carbons (Fsp3) is 0.250.